The van der Waals surface area contributed by atoms with E-state index in [1.807, 2.05) is 38.1 Å². The van der Waals surface area contributed by atoms with E-state index < -0.39 is 14.4 Å². The minimum absolute atomic E-state index is 0.00444. The molecule has 0 fully saturated rings. The number of rotatable bonds is 16. The van der Waals surface area contributed by atoms with Gasteiger partial charge in [-0.05, 0) is 60.7 Å². The quantitative estimate of drug-likeness (QED) is 0.136. The molecule has 0 unspecified atom stereocenters. The summed E-state index contributed by atoms with van der Waals surface area (Å²) in [5.41, 5.74) is 2.07. The maximum Gasteiger partial charge on any atom is 0.192 e. The first-order chi connectivity index (χ1) is 17.2. The van der Waals surface area contributed by atoms with Crippen molar-refractivity contribution in [2.75, 3.05) is 20.8 Å². The molecule has 6 heteroatoms. The molecule has 0 spiro atoms. The molecule has 1 aromatic rings. The molecular formula is C31H54O5Si. The Morgan fingerprint density at radius 3 is 2.14 bits per heavy atom. The molecule has 0 aliphatic carbocycles. The summed E-state index contributed by atoms with van der Waals surface area (Å²) in [5.74, 6) is 1.08. The van der Waals surface area contributed by atoms with E-state index in [9.17, 15) is 5.11 Å². The molecule has 1 rings (SSSR count). The van der Waals surface area contributed by atoms with E-state index in [0.717, 1.165) is 23.3 Å². The summed E-state index contributed by atoms with van der Waals surface area (Å²) in [7, 11) is 1.39. The van der Waals surface area contributed by atoms with Gasteiger partial charge in [-0.1, -0.05) is 65.8 Å². The fourth-order valence-electron chi connectivity index (χ4n) is 4.28. The van der Waals surface area contributed by atoms with Gasteiger partial charge in [0.25, 0.3) is 0 Å². The van der Waals surface area contributed by atoms with Crippen LogP contribution in [0.3, 0.4) is 0 Å². The van der Waals surface area contributed by atoms with Gasteiger partial charge in [0, 0.05) is 25.6 Å². The van der Waals surface area contributed by atoms with Gasteiger partial charge >= 0.3 is 0 Å². The number of methoxy groups -OCH3 is 2. The van der Waals surface area contributed by atoms with Gasteiger partial charge in [0.2, 0.25) is 0 Å². The second-order valence-corrected chi connectivity index (χ2v) is 16.7. The molecule has 5 nitrogen and oxygen atoms in total. The zero-order chi connectivity index (χ0) is 28.4. The van der Waals surface area contributed by atoms with Crippen molar-refractivity contribution in [3.05, 3.63) is 54.1 Å². The van der Waals surface area contributed by atoms with Crippen molar-refractivity contribution >= 4 is 8.32 Å². The third kappa shape index (κ3) is 10.3. The highest BCUT2D eigenvalue weighted by Crippen LogP contribution is 2.40. The van der Waals surface area contributed by atoms with Gasteiger partial charge in [0.15, 0.2) is 8.32 Å². The van der Waals surface area contributed by atoms with E-state index in [1.54, 1.807) is 20.3 Å². The fourth-order valence-corrected chi connectivity index (χ4v) is 5.74. The molecule has 0 aliphatic rings. The highest BCUT2D eigenvalue weighted by atomic mass is 28.4. The van der Waals surface area contributed by atoms with Crippen LogP contribution in [-0.2, 0) is 20.5 Å². The van der Waals surface area contributed by atoms with Gasteiger partial charge in [-0.25, -0.2) is 0 Å². The predicted molar refractivity (Wildman–Crippen MR) is 158 cm³/mol. The van der Waals surface area contributed by atoms with Crippen molar-refractivity contribution in [2.45, 2.75) is 97.9 Å². The standard InChI is InChI=1S/C31H54O5Si/c1-13-22(2)29(32)23(3)20-24(4)30(36-37(11,12)31(6,7)8)25(5)28(34-10)18-19-35-21-26-14-16-27(33-9)17-15-26/h13-17,20,22,24-25,28-30,32H,1,18-19,21H2,2-12H3/b23-20+/t22-,24+,25+,28+,29-,30+/m0/s1. The number of aliphatic hydroxyl groups is 1. The molecule has 0 aliphatic heterocycles. The van der Waals surface area contributed by atoms with Gasteiger partial charge in [0.05, 0.1) is 32.0 Å². The van der Waals surface area contributed by atoms with Crippen LogP contribution in [0.15, 0.2) is 48.6 Å². The highest BCUT2D eigenvalue weighted by molar-refractivity contribution is 6.74. The summed E-state index contributed by atoms with van der Waals surface area (Å²) in [6.45, 7) is 24.8. The van der Waals surface area contributed by atoms with Crippen molar-refractivity contribution in [1.82, 2.24) is 0 Å². The van der Waals surface area contributed by atoms with Crippen molar-refractivity contribution in [3.63, 3.8) is 0 Å². The Labute approximate surface area is 228 Å². The molecule has 0 radical (unpaired) electrons. The fraction of sp³-hybridized carbons (Fsp3) is 0.677. The van der Waals surface area contributed by atoms with Crippen LogP contribution in [-0.4, -0.2) is 52.6 Å². The summed E-state index contributed by atoms with van der Waals surface area (Å²) >= 11 is 0. The molecule has 6 atom stereocenters. The van der Waals surface area contributed by atoms with Crippen molar-refractivity contribution in [2.24, 2.45) is 17.8 Å². The summed E-state index contributed by atoms with van der Waals surface area (Å²) in [6.07, 6.45) is 4.13. The molecule has 0 aromatic heterocycles. The lowest BCUT2D eigenvalue weighted by atomic mass is 9.86. The maximum absolute atomic E-state index is 10.7. The predicted octanol–water partition coefficient (Wildman–Crippen LogP) is 7.41. The second kappa shape index (κ2) is 15.2. The first-order valence-electron chi connectivity index (χ1n) is 13.6. The largest absolute Gasteiger partial charge is 0.497 e. The average Bonchev–Trinajstić information content (AvgIpc) is 2.85. The maximum atomic E-state index is 10.7. The Bertz CT molecular complexity index is 827. The van der Waals surface area contributed by atoms with E-state index in [0.29, 0.717) is 13.2 Å². The molecule has 0 saturated heterocycles. The SMILES string of the molecule is C=C[C@H](C)[C@H](O)/C(C)=C/[C@@H](C)[C@@H](O[Si](C)(C)C(C)(C)C)[C@H](C)[C@@H](CCOCc1ccc(OC)cc1)OC. The Balaban J connectivity index is 3.01. The Morgan fingerprint density at radius 2 is 1.65 bits per heavy atom. The number of aliphatic hydroxyl groups excluding tert-OH is 1. The van der Waals surface area contributed by atoms with E-state index in [1.165, 1.54) is 0 Å². The molecule has 0 amide bonds. The molecule has 37 heavy (non-hydrogen) atoms. The average molecular weight is 535 g/mol. The second-order valence-electron chi connectivity index (χ2n) is 12.0. The van der Waals surface area contributed by atoms with Crippen molar-refractivity contribution in [1.29, 1.82) is 0 Å². The molecule has 0 saturated carbocycles. The van der Waals surface area contributed by atoms with Crippen LogP contribution in [0.1, 0.15) is 60.5 Å². The van der Waals surface area contributed by atoms with Crippen LogP contribution in [0.2, 0.25) is 18.1 Å². The third-order valence-corrected chi connectivity index (χ3v) is 12.5. The topological polar surface area (TPSA) is 57.2 Å². The summed E-state index contributed by atoms with van der Waals surface area (Å²) in [6, 6.07) is 7.95. The monoisotopic (exact) mass is 534 g/mol. The van der Waals surface area contributed by atoms with Crippen LogP contribution >= 0.6 is 0 Å². The first-order valence-corrected chi connectivity index (χ1v) is 16.5. The van der Waals surface area contributed by atoms with Gasteiger partial charge in [-0.15, -0.1) is 6.58 Å². The van der Waals surface area contributed by atoms with Crippen LogP contribution in [0.4, 0.5) is 0 Å². The molecule has 0 bridgehead atoms. The number of hydrogen-bond acceptors (Lipinski definition) is 5. The lowest BCUT2D eigenvalue weighted by Crippen LogP contribution is -2.49. The highest BCUT2D eigenvalue weighted by Gasteiger charge is 2.42. The Hall–Kier alpha value is -1.44. The molecule has 1 N–H and O–H groups in total. The van der Waals surface area contributed by atoms with Crippen LogP contribution in [0.5, 0.6) is 5.75 Å². The summed E-state index contributed by atoms with van der Waals surface area (Å²) < 4.78 is 24.3. The zero-order valence-electron chi connectivity index (χ0n) is 25.3. The number of ether oxygens (including phenoxy) is 3. The minimum atomic E-state index is -2.05. The van der Waals surface area contributed by atoms with E-state index in [4.69, 9.17) is 18.6 Å². The molecule has 212 valence electrons. The lowest BCUT2D eigenvalue weighted by molar-refractivity contribution is -0.0316. The zero-order valence-corrected chi connectivity index (χ0v) is 26.3. The molecule has 1 aromatic carbocycles. The first kappa shape index (κ1) is 33.6. The Kier molecular flexibility index (Phi) is 13.8. The van der Waals surface area contributed by atoms with E-state index in [2.05, 4.69) is 60.4 Å². The normalized spacial score (nSPS) is 18.0. The van der Waals surface area contributed by atoms with Crippen LogP contribution in [0, 0.1) is 17.8 Å². The van der Waals surface area contributed by atoms with Crippen LogP contribution < -0.4 is 4.74 Å². The van der Waals surface area contributed by atoms with E-state index >= 15 is 0 Å². The third-order valence-electron chi connectivity index (χ3n) is 8.00. The van der Waals surface area contributed by atoms with Crippen molar-refractivity contribution < 1.29 is 23.7 Å². The van der Waals surface area contributed by atoms with E-state index in [-0.39, 0.29) is 35.0 Å². The van der Waals surface area contributed by atoms with Gasteiger partial charge in [-0.2, -0.15) is 0 Å². The number of benzene rings is 1. The summed E-state index contributed by atoms with van der Waals surface area (Å²) in [5, 5.41) is 10.8. The lowest BCUT2D eigenvalue weighted by Gasteiger charge is -2.44. The smallest absolute Gasteiger partial charge is 0.192 e. The summed E-state index contributed by atoms with van der Waals surface area (Å²) in [4.78, 5) is 0. The van der Waals surface area contributed by atoms with Gasteiger partial charge in [-0.3, -0.25) is 0 Å². The van der Waals surface area contributed by atoms with Gasteiger partial charge < -0.3 is 23.7 Å². The molecule has 0 heterocycles. The van der Waals surface area contributed by atoms with Crippen molar-refractivity contribution in [3.8, 4) is 5.75 Å². The minimum Gasteiger partial charge on any atom is -0.497 e. The number of hydrogen-bond donors (Lipinski definition) is 1. The van der Waals surface area contributed by atoms with Crippen LogP contribution in [0.25, 0.3) is 0 Å². The molecular weight excluding hydrogens is 480 g/mol. The van der Waals surface area contributed by atoms with Gasteiger partial charge in [0.1, 0.15) is 5.75 Å². The Morgan fingerprint density at radius 1 is 1.05 bits per heavy atom.